The van der Waals surface area contributed by atoms with Crippen LogP contribution in [-0.4, -0.2) is 26.7 Å². The first-order valence-corrected chi connectivity index (χ1v) is 6.31. The second kappa shape index (κ2) is 5.55. The largest absolute Gasteiger partial charge is 0.375 e. The van der Waals surface area contributed by atoms with E-state index in [1.54, 1.807) is 0 Å². The van der Waals surface area contributed by atoms with Gasteiger partial charge in [0.2, 0.25) is 0 Å². The van der Waals surface area contributed by atoms with Crippen molar-refractivity contribution in [2.45, 2.75) is 12.8 Å². The van der Waals surface area contributed by atoms with Crippen molar-refractivity contribution in [2.24, 2.45) is 5.92 Å². The third-order valence-corrected chi connectivity index (χ3v) is 3.55. The summed E-state index contributed by atoms with van der Waals surface area (Å²) in [4.78, 5) is 2.30. The third-order valence-electron chi connectivity index (χ3n) is 3.30. The van der Waals surface area contributed by atoms with Crippen molar-refractivity contribution in [1.82, 2.24) is 5.32 Å². The van der Waals surface area contributed by atoms with Crippen molar-refractivity contribution in [1.29, 1.82) is 0 Å². The van der Waals surface area contributed by atoms with Crippen molar-refractivity contribution in [3.05, 3.63) is 29.3 Å². The normalized spacial score (nSPS) is 20.0. The van der Waals surface area contributed by atoms with E-state index in [1.807, 2.05) is 12.1 Å². The molecule has 1 aromatic carbocycles. The van der Waals surface area contributed by atoms with Crippen LogP contribution >= 0.6 is 11.6 Å². The SMILES string of the molecule is CN(CCC1CCNC1)c1ccc(Cl)cc1. The maximum Gasteiger partial charge on any atom is 0.0407 e. The Hall–Kier alpha value is -0.730. The van der Waals surface area contributed by atoms with E-state index >= 15 is 0 Å². The number of halogens is 1. The van der Waals surface area contributed by atoms with Crippen LogP contribution in [0.5, 0.6) is 0 Å². The molecular formula is C13H19ClN2. The van der Waals surface area contributed by atoms with Crippen LogP contribution in [0, 0.1) is 5.92 Å². The molecule has 3 heteroatoms. The maximum atomic E-state index is 5.87. The summed E-state index contributed by atoms with van der Waals surface area (Å²) in [6.07, 6.45) is 2.60. The minimum Gasteiger partial charge on any atom is -0.375 e. The summed E-state index contributed by atoms with van der Waals surface area (Å²) in [7, 11) is 2.14. The van der Waals surface area contributed by atoms with E-state index in [2.05, 4.69) is 29.4 Å². The molecule has 1 aromatic rings. The summed E-state index contributed by atoms with van der Waals surface area (Å²) in [6, 6.07) is 8.06. The Bertz CT molecular complexity index is 317. The zero-order valence-corrected chi connectivity index (χ0v) is 10.5. The van der Waals surface area contributed by atoms with Gasteiger partial charge in [0.15, 0.2) is 0 Å². The van der Waals surface area contributed by atoms with Crippen molar-refractivity contribution in [3.8, 4) is 0 Å². The Labute approximate surface area is 103 Å². The Balaban J connectivity index is 1.82. The van der Waals surface area contributed by atoms with Crippen LogP contribution in [0.3, 0.4) is 0 Å². The summed E-state index contributed by atoms with van der Waals surface area (Å²) < 4.78 is 0. The van der Waals surface area contributed by atoms with Crippen LogP contribution < -0.4 is 10.2 Å². The van der Waals surface area contributed by atoms with Crippen LogP contribution in [0.15, 0.2) is 24.3 Å². The highest BCUT2D eigenvalue weighted by Gasteiger charge is 2.14. The molecule has 1 aliphatic heterocycles. The minimum atomic E-state index is 0.803. The molecule has 0 spiro atoms. The van der Waals surface area contributed by atoms with E-state index in [-0.39, 0.29) is 0 Å². The summed E-state index contributed by atoms with van der Waals surface area (Å²) in [5, 5.41) is 4.21. The fraction of sp³-hybridized carbons (Fsp3) is 0.538. The highest BCUT2D eigenvalue weighted by atomic mass is 35.5. The van der Waals surface area contributed by atoms with Gasteiger partial charge in [0.25, 0.3) is 0 Å². The molecule has 16 heavy (non-hydrogen) atoms. The number of nitrogens with one attached hydrogen (secondary N) is 1. The molecule has 1 unspecified atom stereocenters. The Kier molecular flexibility index (Phi) is 4.08. The summed E-state index contributed by atoms with van der Waals surface area (Å²) >= 11 is 5.87. The lowest BCUT2D eigenvalue weighted by Gasteiger charge is -2.21. The highest BCUT2D eigenvalue weighted by molar-refractivity contribution is 6.30. The van der Waals surface area contributed by atoms with Gasteiger partial charge in [0, 0.05) is 24.3 Å². The molecule has 0 saturated carbocycles. The van der Waals surface area contributed by atoms with E-state index in [0.29, 0.717) is 0 Å². The molecule has 1 aliphatic rings. The molecular weight excluding hydrogens is 220 g/mol. The van der Waals surface area contributed by atoms with Crippen LogP contribution in [0.2, 0.25) is 5.02 Å². The van der Waals surface area contributed by atoms with Crippen LogP contribution in [0.25, 0.3) is 0 Å². The smallest absolute Gasteiger partial charge is 0.0407 e. The lowest BCUT2D eigenvalue weighted by Crippen LogP contribution is -2.21. The monoisotopic (exact) mass is 238 g/mol. The van der Waals surface area contributed by atoms with Gasteiger partial charge in [-0.05, 0) is 56.1 Å². The first-order valence-electron chi connectivity index (χ1n) is 5.93. The summed E-state index contributed by atoms with van der Waals surface area (Å²) in [6.45, 7) is 3.50. The number of nitrogens with zero attached hydrogens (tertiary/aromatic N) is 1. The number of hydrogen-bond donors (Lipinski definition) is 1. The first-order chi connectivity index (χ1) is 7.75. The number of anilines is 1. The van der Waals surface area contributed by atoms with Gasteiger partial charge in [0.1, 0.15) is 0 Å². The molecule has 2 rings (SSSR count). The average Bonchev–Trinajstić information content (AvgIpc) is 2.80. The fourth-order valence-electron chi connectivity index (χ4n) is 2.16. The van der Waals surface area contributed by atoms with Crippen molar-refractivity contribution < 1.29 is 0 Å². The third kappa shape index (κ3) is 3.13. The first kappa shape index (κ1) is 11.7. The van der Waals surface area contributed by atoms with Gasteiger partial charge in [-0.15, -0.1) is 0 Å². The number of hydrogen-bond acceptors (Lipinski definition) is 2. The van der Waals surface area contributed by atoms with Crippen molar-refractivity contribution >= 4 is 17.3 Å². The van der Waals surface area contributed by atoms with E-state index < -0.39 is 0 Å². The van der Waals surface area contributed by atoms with Gasteiger partial charge in [-0.3, -0.25) is 0 Å². The number of benzene rings is 1. The van der Waals surface area contributed by atoms with Crippen LogP contribution in [0.4, 0.5) is 5.69 Å². The predicted octanol–water partition coefficient (Wildman–Crippen LogP) is 2.78. The predicted molar refractivity (Wildman–Crippen MR) is 70.3 cm³/mol. The van der Waals surface area contributed by atoms with Crippen LogP contribution in [0.1, 0.15) is 12.8 Å². The molecule has 1 N–H and O–H groups in total. The van der Waals surface area contributed by atoms with Gasteiger partial charge in [-0.1, -0.05) is 11.6 Å². The maximum absolute atomic E-state index is 5.87. The average molecular weight is 239 g/mol. The van der Waals surface area contributed by atoms with E-state index in [9.17, 15) is 0 Å². The van der Waals surface area contributed by atoms with Gasteiger partial charge < -0.3 is 10.2 Å². The Morgan fingerprint density at radius 3 is 2.75 bits per heavy atom. The zero-order chi connectivity index (χ0) is 11.4. The summed E-state index contributed by atoms with van der Waals surface area (Å²) in [5.41, 5.74) is 1.25. The molecule has 0 bridgehead atoms. The highest BCUT2D eigenvalue weighted by Crippen LogP contribution is 2.19. The molecule has 0 radical (unpaired) electrons. The molecule has 1 saturated heterocycles. The van der Waals surface area contributed by atoms with Gasteiger partial charge in [-0.25, -0.2) is 0 Å². The molecule has 1 fully saturated rings. The second-order valence-corrected chi connectivity index (χ2v) is 4.98. The molecule has 0 aliphatic carbocycles. The molecule has 0 aromatic heterocycles. The lowest BCUT2D eigenvalue weighted by molar-refractivity contribution is 0.533. The topological polar surface area (TPSA) is 15.3 Å². The van der Waals surface area contributed by atoms with Gasteiger partial charge >= 0.3 is 0 Å². The van der Waals surface area contributed by atoms with Crippen molar-refractivity contribution in [3.63, 3.8) is 0 Å². The summed E-state index contributed by atoms with van der Waals surface area (Å²) in [5.74, 6) is 0.856. The lowest BCUT2D eigenvalue weighted by atomic mass is 10.0. The standard InChI is InChI=1S/C13H19ClN2/c1-16(9-7-11-6-8-15-10-11)13-4-2-12(14)3-5-13/h2-5,11,15H,6-10H2,1H3. The fourth-order valence-corrected chi connectivity index (χ4v) is 2.29. The van der Waals surface area contributed by atoms with E-state index in [1.165, 1.54) is 31.6 Å². The molecule has 0 amide bonds. The van der Waals surface area contributed by atoms with Gasteiger partial charge in [-0.2, -0.15) is 0 Å². The zero-order valence-electron chi connectivity index (χ0n) is 9.75. The molecule has 88 valence electrons. The van der Waals surface area contributed by atoms with Crippen molar-refractivity contribution in [2.75, 3.05) is 31.6 Å². The molecule has 1 heterocycles. The Morgan fingerprint density at radius 1 is 1.38 bits per heavy atom. The van der Waals surface area contributed by atoms with E-state index in [4.69, 9.17) is 11.6 Å². The molecule has 1 atom stereocenters. The quantitative estimate of drug-likeness (QED) is 0.868. The van der Waals surface area contributed by atoms with Gasteiger partial charge in [0.05, 0.1) is 0 Å². The van der Waals surface area contributed by atoms with E-state index in [0.717, 1.165) is 17.5 Å². The second-order valence-electron chi connectivity index (χ2n) is 4.55. The number of rotatable bonds is 4. The Morgan fingerprint density at radius 2 is 2.12 bits per heavy atom. The molecule has 2 nitrogen and oxygen atoms in total. The van der Waals surface area contributed by atoms with Crippen LogP contribution in [-0.2, 0) is 0 Å². The minimum absolute atomic E-state index is 0.803.